The molecule has 2 aliphatic rings. The van der Waals surface area contributed by atoms with E-state index in [1.165, 1.54) is 5.19 Å². The van der Waals surface area contributed by atoms with Crippen LogP contribution in [0.4, 0.5) is 17.1 Å². The van der Waals surface area contributed by atoms with Gasteiger partial charge in [0.1, 0.15) is 17.2 Å². The van der Waals surface area contributed by atoms with Gasteiger partial charge in [0, 0.05) is 59.8 Å². The van der Waals surface area contributed by atoms with Crippen LogP contribution in [0.15, 0.2) is 121 Å². The van der Waals surface area contributed by atoms with Crippen LogP contribution >= 0.6 is 0 Å². The largest absolute Gasteiger partial charge is 0.497 e. The number of aliphatic hydroxyl groups is 1. The van der Waals surface area contributed by atoms with Crippen molar-refractivity contribution in [2.45, 2.75) is 63.2 Å². The lowest BCUT2D eigenvalue weighted by molar-refractivity contribution is -0.146. The number of carbonyl (C=O) groups excluding carboxylic acids is 3. The number of aromatic nitrogens is 3. The summed E-state index contributed by atoms with van der Waals surface area (Å²) in [5.74, 6) is 0.929. The monoisotopic (exact) mass is 894 g/mol. The zero-order valence-electron chi connectivity index (χ0n) is 37.4. The fraction of sp³-hybridized carbons (Fsp3) is 0.300. The standard InChI is InChI=1S/C50H54N6O8Si/c1-32-46(65(5,6)42-21-19-41(63-4)20-22-42)45(24-26-55-31-38(25-27-57)53-54-55)64-50(32)43-29-37(52-48(59)35-12-17-40(62-3)18-13-35)14-23-44(43)56(49(50)60)30-33-8-7-9-36(28-33)51-47(58)34-10-15-39(61-2)16-11-34/h7-23,28-29,31-32,45-46,57H,24-27,30H2,1-6H3,(H,51,58)(H,52,59)/t32-,45+,46-,50+/m1/s1. The quantitative estimate of drug-likeness (QED) is 0.0847. The zero-order valence-corrected chi connectivity index (χ0v) is 38.4. The van der Waals surface area contributed by atoms with Crippen LogP contribution in [0.5, 0.6) is 17.2 Å². The van der Waals surface area contributed by atoms with E-state index in [4.69, 9.17) is 18.9 Å². The molecule has 8 rings (SSSR count). The van der Waals surface area contributed by atoms with Crippen LogP contribution < -0.4 is 34.9 Å². The third-order valence-corrected chi connectivity index (χ3v) is 17.3. The van der Waals surface area contributed by atoms with Crippen molar-refractivity contribution in [3.63, 3.8) is 0 Å². The van der Waals surface area contributed by atoms with Gasteiger partial charge >= 0.3 is 0 Å². The molecule has 3 heterocycles. The molecule has 1 saturated heterocycles. The van der Waals surface area contributed by atoms with Crippen molar-refractivity contribution in [1.82, 2.24) is 15.0 Å². The van der Waals surface area contributed by atoms with Gasteiger partial charge in [0.2, 0.25) is 0 Å². The number of hydrogen-bond acceptors (Lipinski definition) is 10. The number of fused-ring (bicyclic) bond motifs is 2. The van der Waals surface area contributed by atoms with Crippen LogP contribution in [0.3, 0.4) is 0 Å². The van der Waals surface area contributed by atoms with Crippen molar-refractivity contribution in [2.75, 3.05) is 43.5 Å². The summed E-state index contributed by atoms with van der Waals surface area (Å²) in [4.78, 5) is 44.4. The molecule has 1 fully saturated rings. The highest BCUT2D eigenvalue weighted by molar-refractivity contribution is 6.91. The van der Waals surface area contributed by atoms with E-state index in [2.05, 4.69) is 53.1 Å². The first-order chi connectivity index (χ1) is 31.4. The van der Waals surface area contributed by atoms with Crippen LogP contribution in [-0.4, -0.2) is 79.9 Å². The third-order valence-electron chi connectivity index (χ3n) is 12.9. The molecule has 0 bridgehead atoms. The van der Waals surface area contributed by atoms with E-state index in [0.717, 1.165) is 11.3 Å². The first kappa shape index (κ1) is 44.8. The number of methoxy groups -OCH3 is 3. The predicted molar refractivity (Wildman–Crippen MR) is 251 cm³/mol. The Kier molecular flexibility index (Phi) is 12.9. The number of hydrogen-bond donors (Lipinski definition) is 3. The molecule has 336 valence electrons. The lowest BCUT2D eigenvalue weighted by atomic mass is 9.82. The number of carbonyl (C=O) groups is 3. The summed E-state index contributed by atoms with van der Waals surface area (Å²) in [5, 5.41) is 25.4. The summed E-state index contributed by atoms with van der Waals surface area (Å²) in [6, 6.07) is 35.0. The summed E-state index contributed by atoms with van der Waals surface area (Å²) in [7, 11) is 2.30. The fourth-order valence-electron chi connectivity index (χ4n) is 9.58. The molecule has 0 radical (unpaired) electrons. The molecule has 3 amide bonds. The summed E-state index contributed by atoms with van der Waals surface area (Å²) in [5.41, 5.74) is 3.36. The lowest BCUT2D eigenvalue weighted by Crippen LogP contribution is -2.51. The van der Waals surface area contributed by atoms with Crippen LogP contribution in [0.2, 0.25) is 18.6 Å². The number of anilines is 3. The molecule has 6 aromatic rings. The molecule has 1 spiro atoms. The van der Waals surface area contributed by atoms with Gasteiger partial charge in [-0.2, -0.15) is 0 Å². The Hall–Kier alpha value is -6.81. The normalized spacial score (nSPS) is 19.0. The van der Waals surface area contributed by atoms with Gasteiger partial charge in [0.25, 0.3) is 17.7 Å². The number of aryl methyl sites for hydroxylation is 1. The molecule has 2 aliphatic heterocycles. The smallest absolute Gasteiger partial charge is 0.264 e. The van der Waals surface area contributed by atoms with Gasteiger partial charge in [-0.1, -0.05) is 54.7 Å². The van der Waals surface area contributed by atoms with Gasteiger partial charge in [-0.25, -0.2) is 0 Å². The van der Waals surface area contributed by atoms with E-state index < -0.39 is 13.7 Å². The van der Waals surface area contributed by atoms with Crippen molar-refractivity contribution in [1.29, 1.82) is 0 Å². The van der Waals surface area contributed by atoms with Crippen molar-refractivity contribution in [3.05, 3.63) is 149 Å². The first-order valence-electron chi connectivity index (χ1n) is 21.7. The van der Waals surface area contributed by atoms with E-state index in [1.807, 2.05) is 60.8 Å². The Bertz CT molecular complexity index is 2670. The number of nitrogens with one attached hydrogen (secondary N) is 2. The van der Waals surface area contributed by atoms with Gasteiger partial charge < -0.3 is 39.6 Å². The van der Waals surface area contributed by atoms with Crippen molar-refractivity contribution < 1.29 is 38.4 Å². The Labute approximate surface area is 379 Å². The second kappa shape index (κ2) is 18.7. The predicted octanol–water partition coefficient (Wildman–Crippen LogP) is 7.20. The highest BCUT2D eigenvalue weighted by atomic mass is 28.3. The zero-order chi connectivity index (χ0) is 45.9. The van der Waals surface area contributed by atoms with Crippen LogP contribution in [0.25, 0.3) is 0 Å². The Balaban J connectivity index is 1.17. The van der Waals surface area contributed by atoms with Gasteiger partial charge in [-0.3, -0.25) is 19.1 Å². The number of amides is 3. The minimum Gasteiger partial charge on any atom is -0.497 e. The van der Waals surface area contributed by atoms with Gasteiger partial charge in [0.15, 0.2) is 5.60 Å². The molecule has 0 aliphatic carbocycles. The van der Waals surface area contributed by atoms with Crippen molar-refractivity contribution >= 4 is 48.0 Å². The highest BCUT2D eigenvalue weighted by Gasteiger charge is 2.66. The maximum Gasteiger partial charge on any atom is 0.264 e. The van der Waals surface area contributed by atoms with Gasteiger partial charge in [-0.05, 0) is 109 Å². The van der Waals surface area contributed by atoms with E-state index in [1.54, 1.807) is 79.4 Å². The molecule has 1 aromatic heterocycles. The van der Waals surface area contributed by atoms with E-state index in [0.29, 0.717) is 70.3 Å². The van der Waals surface area contributed by atoms with Crippen molar-refractivity contribution in [2.24, 2.45) is 5.92 Å². The molecule has 15 heteroatoms. The minimum absolute atomic E-state index is 0.0304. The SMILES string of the molecule is COc1ccc(C(=O)Nc2cccc(CN3C(=O)[C@@]4(O[C@@H](CCn5cc(CCO)nn5)[C@H]([Si](C)(C)c5ccc(OC)cc5)[C@H]4C)c4cc(NC(=O)c5ccc(OC)cc5)ccc43)c2)cc1. The van der Waals surface area contributed by atoms with E-state index in [-0.39, 0.29) is 48.4 Å². The second-order valence-corrected chi connectivity index (χ2v) is 21.8. The van der Waals surface area contributed by atoms with Crippen LogP contribution in [-0.2, 0) is 34.6 Å². The molecular formula is C50H54N6O8Si. The maximum atomic E-state index is 15.7. The van der Waals surface area contributed by atoms with Gasteiger partial charge in [-0.15, -0.1) is 5.10 Å². The summed E-state index contributed by atoms with van der Waals surface area (Å²) < 4.78 is 25.3. The summed E-state index contributed by atoms with van der Waals surface area (Å²) >= 11 is 0. The summed E-state index contributed by atoms with van der Waals surface area (Å²) in [6.07, 6.45) is 2.40. The minimum atomic E-state index is -2.50. The lowest BCUT2D eigenvalue weighted by Gasteiger charge is -2.37. The molecule has 14 nitrogen and oxygen atoms in total. The molecule has 5 aromatic carbocycles. The number of aliphatic hydroxyl groups excluding tert-OH is 1. The summed E-state index contributed by atoms with van der Waals surface area (Å²) in [6.45, 7) is 7.42. The first-order valence-corrected chi connectivity index (χ1v) is 24.7. The van der Waals surface area contributed by atoms with E-state index in [9.17, 15) is 14.7 Å². The molecule has 0 unspecified atom stereocenters. The maximum absolute atomic E-state index is 15.7. The van der Waals surface area contributed by atoms with Gasteiger partial charge in [0.05, 0.1) is 53.4 Å². The number of rotatable bonds is 16. The molecule has 65 heavy (non-hydrogen) atoms. The molecule has 3 N–H and O–H groups in total. The average molecular weight is 895 g/mol. The number of ether oxygens (including phenoxy) is 4. The Morgan fingerprint density at radius 1 is 0.800 bits per heavy atom. The highest BCUT2D eigenvalue weighted by Crippen LogP contribution is 2.60. The molecule has 0 saturated carbocycles. The third kappa shape index (κ3) is 8.86. The fourth-order valence-corrected chi connectivity index (χ4v) is 13.6. The van der Waals surface area contributed by atoms with Crippen molar-refractivity contribution in [3.8, 4) is 17.2 Å². The second-order valence-electron chi connectivity index (χ2n) is 17.1. The number of nitrogens with zero attached hydrogens (tertiary/aromatic N) is 4. The number of benzene rings is 5. The molecular weight excluding hydrogens is 841 g/mol. The Morgan fingerprint density at radius 3 is 1.97 bits per heavy atom. The topological polar surface area (TPSA) is 166 Å². The van der Waals surface area contributed by atoms with E-state index >= 15 is 4.79 Å². The van der Waals surface area contributed by atoms with Crippen LogP contribution in [0, 0.1) is 5.92 Å². The molecule has 4 atom stereocenters. The average Bonchev–Trinajstić information content (AvgIpc) is 3.97. The Morgan fingerprint density at radius 2 is 1.38 bits per heavy atom. The van der Waals surface area contributed by atoms with Crippen LogP contribution in [0.1, 0.15) is 50.9 Å².